The molecule has 0 heterocycles. The molecular formula is C20H38N2O5. The van der Waals surface area contributed by atoms with Crippen LogP contribution in [0.15, 0.2) is 5.18 Å². The lowest BCUT2D eigenvalue weighted by atomic mass is 9.83. The van der Waals surface area contributed by atoms with Crippen molar-refractivity contribution in [2.24, 2.45) is 17.0 Å². The SMILES string of the molecule is CCC(C)(C)N(CCOCCN=O)CCC(=O)OCC1CCC(CO)CC1. The van der Waals surface area contributed by atoms with E-state index in [-0.39, 0.29) is 24.7 Å². The Bertz CT molecular complexity index is 423. The number of carbonyl (C=O) groups is 1. The fraction of sp³-hybridized carbons (Fsp3) is 0.950. The van der Waals surface area contributed by atoms with Crippen LogP contribution in [0.3, 0.4) is 0 Å². The van der Waals surface area contributed by atoms with Crippen molar-refractivity contribution in [3.8, 4) is 0 Å². The minimum absolute atomic E-state index is 0.0325. The predicted molar refractivity (Wildman–Crippen MR) is 106 cm³/mol. The zero-order valence-corrected chi connectivity index (χ0v) is 17.3. The van der Waals surface area contributed by atoms with E-state index >= 15 is 0 Å². The second kappa shape index (κ2) is 13.2. The summed E-state index contributed by atoms with van der Waals surface area (Å²) in [5.74, 6) is 0.702. The van der Waals surface area contributed by atoms with Crippen LogP contribution in [0, 0.1) is 16.7 Å². The molecule has 7 heteroatoms. The summed E-state index contributed by atoms with van der Waals surface area (Å²) in [4.78, 5) is 24.5. The number of rotatable bonds is 14. The number of hydrogen-bond acceptors (Lipinski definition) is 7. The Morgan fingerprint density at radius 1 is 1.15 bits per heavy atom. The van der Waals surface area contributed by atoms with Gasteiger partial charge in [-0.25, -0.2) is 0 Å². The number of esters is 1. The molecule has 0 spiro atoms. The van der Waals surface area contributed by atoms with Crippen LogP contribution < -0.4 is 0 Å². The minimum Gasteiger partial charge on any atom is -0.465 e. The molecule has 0 radical (unpaired) electrons. The molecule has 7 nitrogen and oxygen atoms in total. The predicted octanol–water partition coefficient (Wildman–Crippen LogP) is 2.99. The average Bonchev–Trinajstić information content (AvgIpc) is 2.68. The summed E-state index contributed by atoms with van der Waals surface area (Å²) in [6.45, 7) is 9.57. The molecule has 0 atom stereocenters. The molecule has 0 unspecified atom stereocenters. The maximum Gasteiger partial charge on any atom is 0.307 e. The first-order chi connectivity index (χ1) is 12.9. The van der Waals surface area contributed by atoms with E-state index in [4.69, 9.17) is 9.47 Å². The fourth-order valence-corrected chi connectivity index (χ4v) is 3.41. The Balaban J connectivity index is 2.31. The standard InChI is InChI=1S/C20H38N2O5/c1-4-20(2,3)22(12-14-26-13-10-21-25)11-9-19(24)27-16-18-7-5-17(15-23)6-8-18/h17-18,23H,4-16H2,1-3H3. The van der Waals surface area contributed by atoms with Crippen LogP contribution in [-0.2, 0) is 14.3 Å². The molecule has 158 valence electrons. The van der Waals surface area contributed by atoms with E-state index in [1.54, 1.807) is 0 Å². The largest absolute Gasteiger partial charge is 0.465 e. The third kappa shape index (κ3) is 9.63. The molecule has 0 aromatic heterocycles. The first-order valence-corrected chi connectivity index (χ1v) is 10.3. The van der Waals surface area contributed by atoms with Crippen molar-refractivity contribution in [2.45, 2.75) is 64.8 Å². The Morgan fingerprint density at radius 2 is 1.81 bits per heavy atom. The molecule has 1 rings (SSSR count). The van der Waals surface area contributed by atoms with Gasteiger partial charge in [0.25, 0.3) is 0 Å². The van der Waals surface area contributed by atoms with Gasteiger partial charge in [0, 0.05) is 25.2 Å². The second-order valence-electron chi connectivity index (χ2n) is 8.12. The highest BCUT2D eigenvalue weighted by Gasteiger charge is 2.26. The van der Waals surface area contributed by atoms with E-state index in [0.717, 1.165) is 32.1 Å². The first-order valence-electron chi connectivity index (χ1n) is 10.3. The van der Waals surface area contributed by atoms with Crippen LogP contribution >= 0.6 is 0 Å². The summed E-state index contributed by atoms with van der Waals surface area (Å²) >= 11 is 0. The van der Waals surface area contributed by atoms with Crippen molar-refractivity contribution in [2.75, 3.05) is 46.1 Å². The van der Waals surface area contributed by atoms with E-state index in [9.17, 15) is 14.8 Å². The van der Waals surface area contributed by atoms with Crippen molar-refractivity contribution in [3.05, 3.63) is 4.91 Å². The monoisotopic (exact) mass is 386 g/mol. The number of nitrogens with zero attached hydrogens (tertiary/aromatic N) is 2. The van der Waals surface area contributed by atoms with Gasteiger partial charge in [0.2, 0.25) is 0 Å². The molecule has 0 aliphatic heterocycles. The molecule has 1 N–H and O–H groups in total. The summed E-state index contributed by atoms with van der Waals surface area (Å²) in [5, 5.41) is 12.0. The van der Waals surface area contributed by atoms with E-state index in [1.165, 1.54) is 0 Å². The molecule has 1 aliphatic carbocycles. The average molecular weight is 387 g/mol. The highest BCUT2D eigenvalue weighted by molar-refractivity contribution is 5.69. The maximum atomic E-state index is 12.2. The smallest absolute Gasteiger partial charge is 0.307 e. The highest BCUT2D eigenvalue weighted by Crippen LogP contribution is 2.28. The van der Waals surface area contributed by atoms with Crippen molar-refractivity contribution in [3.63, 3.8) is 0 Å². The molecule has 0 saturated heterocycles. The Labute approximate surface area is 163 Å². The Hall–Kier alpha value is -1.05. The van der Waals surface area contributed by atoms with Crippen molar-refractivity contribution in [1.29, 1.82) is 0 Å². The summed E-state index contributed by atoms with van der Waals surface area (Å²) in [6, 6.07) is 0. The van der Waals surface area contributed by atoms with Crippen molar-refractivity contribution >= 4 is 5.97 Å². The van der Waals surface area contributed by atoms with Gasteiger partial charge in [0.1, 0.15) is 6.54 Å². The lowest BCUT2D eigenvalue weighted by Gasteiger charge is -2.38. The minimum atomic E-state index is -0.151. The van der Waals surface area contributed by atoms with Gasteiger partial charge in [0.15, 0.2) is 0 Å². The van der Waals surface area contributed by atoms with E-state index < -0.39 is 0 Å². The normalized spacial score (nSPS) is 20.6. The number of aliphatic hydroxyl groups excluding tert-OH is 1. The van der Waals surface area contributed by atoms with E-state index in [1.807, 2.05) is 0 Å². The molecule has 1 saturated carbocycles. The number of carbonyl (C=O) groups excluding carboxylic acids is 1. The van der Waals surface area contributed by atoms with Crippen LogP contribution in [0.4, 0.5) is 0 Å². The molecule has 1 aliphatic rings. The third-order valence-electron chi connectivity index (χ3n) is 5.84. The maximum absolute atomic E-state index is 12.2. The van der Waals surface area contributed by atoms with E-state index in [2.05, 4.69) is 30.8 Å². The van der Waals surface area contributed by atoms with Gasteiger partial charge < -0.3 is 14.6 Å². The Kier molecular flexibility index (Phi) is 11.7. The van der Waals surface area contributed by atoms with E-state index in [0.29, 0.717) is 51.2 Å². The molecule has 0 bridgehead atoms. The topological polar surface area (TPSA) is 88.4 Å². The molecular weight excluding hydrogens is 348 g/mol. The van der Waals surface area contributed by atoms with Crippen LogP contribution in [0.25, 0.3) is 0 Å². The van der Waals surface area contributed by atoms with Gasteiger partial charge in [-0.05, 0) is 57.8 Å². The molecule has 1 fully saturated rings. The van der Waals surface area contributed by atoms with Gasteiger partial charge in [-0.3, -0.25) is 9.69 Å². The van der Waals surface area contributed by atoms with Crippen molar-refractivity contribution < 1.29 is 19.4 Å². The van der Waals surface area contributed by atoms with Crippen LogP contribution in [0.1, 0.15) is 59.3 Å². The lowest BCUT2D eigenvalue weighted by molar-refractivity contribution is -0.146. The molecule has 0 amide bonds. The highest BCUT2D eigenvalue weighted by atomic mass is 16.5. The number of ether oxygens (including phenoxy) is 2. The molecule has 0 aromatic rings. The Morgan fingerprint density at radius 3 is 2.41 bits per heavy atom. The molecule has 0 aromatic carbocycles. The fourth-order valence-electron chi connectivity index (χ4n) is 3.41. The zero-order chi connectivity index (χ0) is 20.1. The zero-order valence-electron chi connectivity index (χ0n) is 17.3. The second-order valence-corrected chi connectivity index (χ2v) is 8.12. The van der Waals surface area contributed by atoms with Crippen LogP contribution in [0.5, 0.6) is 0 Å². The van der Waals surface area contributed by atoms with Gasteiger partial charge in [0.05, 0.1) is 26.2 Å². The summed E-state index contributed by atoms with van der Waals surface area (Å²) in [7, 11) is 0. The first kappa shape index (κ1) is 24.0. The van der Waals surface area contributed by atoms with Gasteiger partial charge in [-0.1, -0.05) is 12.1 Å². The number of nitroso groups, excluding NO2 is 1. The number of aliphatic hydroxyl groups is 1. The summed E-state index contributed by atoms with van der Waals surface area (Å²) in [6.07, 6.45) is 5.44. The van der Waals surface area contributed by atoms with Crippen LogP contribution in [0.2, 0.25) is 0 Å². The van der Waals surface area contributed by atoms with Crippen molar-refractivity contribution in [1.82, 2.24) is 4.90 Å². The summed E-state index contributed by atoms with van der Waals surface area (Å²) < 4.78 is 10.9. The van der Waals surface area contributed by atoms with Crippen LogP contribution in [-0.4, -0.2) is 67.6 Å². The van der Waals surface area contributed by atoms with Gasteiger partial charge in [-0.2, -0.15) is 4.91 Å². The number of hydrogen-bond donors (Lipinski definition) is 1. The van der Waals surface area contributed by atoms with Gasteiger partial charge in [-0.15, -0.1) is 0 Å². The van der Waals surface area contributed by atoms with Gasteiger partial charge >= 0.3 is 5.97 Å². The quantitative estimate of drug-likeness (QED) is 0.280. The molecule has 27 heavy (non-hydrogen) atoms. The lowest BCUT2D eigenvalue weighted by Crippen LogP contribution is -2.46. The summed E-state index contributed by atoms with van der Waals surface area (Å²) in [5.41, 5.74) is -0.0325. The third-order valence-corrected chi connectivity index (χ3v) is 5.84.